The number of carbonyl (C=O) groups is 1. The molecular formula is C14H25NO3. The third-order valence-electron chi connectivity index (χ3n) is 4.95. The summed E-state index contributed by atoms with van der Waals surface area (Å²) >= 11 is 0. The Balaban J connectivity index is 2.05. The number of methoxy groups -OCH3 is 1. The first kappa shape index (κ1) is 13.8. The van der Waals surface area contributed by atoms with Crippen LogP contribution in [0.1, 0.15) is 45.4 Å². The largest absolute Gasteiger partial charge is 0.481 e. The summed E-state index contributed by atoms with van der Waals surface area (Å²) < 4.78 is 5.59. The molecule has 0 bridgehead atoms. The molecule has 104 valence electrons. The van der Waals surface area contributed by atoms with E-state index in [-0.39, 0.29) is 0 Å². The summed E-state index contributed by atoms with van der Waals surface area (Å²) in [6.45, 7) is 3.60. The van der Waals surface area contributed by atoms with Crippen LogP contribution in [0.15, 0.2) is 0 Å². The summed E-state index contributed by atoms with van der Waals surface area (Å²) in [5.74, 6) is -0.628. The lowest BCUT2D eigenvalue weighted by Crippen LogP contribution is -2.46. The van der Waals surface area contributed by atoms with Crippen molar-refractivity contribution in [2.45, 2.75) is 57.6 Å². The van der Waals surface area contributed by atoms with Gasteiger partial charge in [0.25, 0.3) is 0 Å². The number of rotatable bonds is 4. The summed E-state index contributed by atoms with van der Waals surface area (Å²) in [4.78, 5) is 13.8. The molecule has 0 aromatic carbocycles. The number of nitrogens with zero attached hydrogens (tertiary/aromatic N) is 1. The highest BCUT2D eigenvalue weighted by Gasteiger charge is 2.46. The first-order chi connectivity index (χ1) is 8.63. The normalized spacial score (nSPS) is 37.9. The highest BCUT2D eigenvalue weighted by molar-refractivity contribution is 5.75. The smallest absolute Gasteiger partial charge is 0.310 e. The van der Waals surface area contributed by atoms with Crippen LogP contribution in [0.3, 0.4) is 0 Å². The van der Waals surface area contributed by atoms with E-state index in [2.05, 4.69) is 4.90 Å². The lowest BCUT2D eigenvalue weighted by molar-refractivity contribution is -0.148. The van der Waals surface area contributed by atoms with Gasteiger partial charge in [-0.3, -0.25) is 9.69 Å². The lowest BCUT2D eigenvalue weighted by Gasteiger charge is -2.37. The topological polar surface area (TPSA) is 49.8 Å². The molecule has 3 unspecified atom stereocenters. The van der Waals surface area contributed by atoms with Gasteiger partial charge in [0.2, 0.25) is 0 Å². The van der Waals surface area contributed by atoms with E-state index in [0.717, 1.165) is 32.2 Å². The van der Waals surface area contributed by atoms with Crippen LogP contribution in [0, 0.1) is 5.41 Å². The van der Waals surface area contributed by atoms with Crippen molar-refractivity contribution in [3.05, 3.63) is 0 Å². The summed E-state index contributed by atoms with van der Waals surface area (Å²) in [5, 5.41) is 9.45. The van der Waals surface area contributed by atoms with Crippen molar-refractivity contribution < 1.29 is 14.6 Å². The molecule has 2 fully saturated rings. The minimum Gasteiger partial charge on any atom is -0.481 e. The minimum absolute atomic E-state index is 0.292. The van der Waals surface area contributed by atoms with Crippen molar-refractivity contribution >= 4 is 5.97 Å². The van der Waals surface area contributed by atoms with Gasteiger partial charge >= 0.3 is 5.97 Å². The molecule has 4 heteroatoms. The standard InChI is InChI=1S/C14H25NO3/c1-3-14(13(16)17)8-9-15(10-14)11-6-4-5-7-12(11)18-2/h11-12H,3-10H2,1-2H3,(H,16,17). The van der Waals surface area contributed by atoms with Gasteiger partial charge in [-0.05, 0) is 32.2 Å². The molecule has 0 aromatic rings. The molecule has 2 aliphatic rings. The second-order valence-corrected chi connectivity index (χ2v) is 5.79. The van der Waals surface area contributed by atoms with E-state index in [4.69, 9.17) is 4.74 Å². The Kier molecular flexibility index (Phi) is 4.28. The van der Waals surface area contributed by atoms with Crippen LogP contribution in [0.2, 0.25) is 0 Å². The number of hydrogen-bond donors (Lipinski definition) is 1. The van der Waals surface area contributed by atoms with Crippen molar-refractivity contribution in [2.24, 2.45) is 5.41 Å². The SMILES string of the molecule is CCC1(C(=O)O)CCN(C2CCCCC2OC)C1. The third kappa shape index (κ3) is 2.41. The quantitative estimate of drug-likeness (QED) is 0.836. The zero-order valence-corrected chi connectivity index (χ0v) is 11.5. The van der Waals surface area contributed by atoms with Gasteiger partial charge in [0.15, 0.2) is 0 Å². The molecule has 4 nitrogen and oxygen atoms in total. The zero-order chi connectivity index (χ0) is 13.2. The van der Waals surface area contributed by atoms with Gasteiger partial charge < -0.3 is 9.84 Å². The van der Waals surface area contributed by atoms with E-state index in [9.17, 15) is 9.90 Å². The predicted octanol–water partition coefficient (Wildman–Crippen LogP) is 2.13. The molecule has 1 aliphatic carbocycles. The number of carboxylic acid groups (broad SMARTS) is 1. The first-order valence-corrected chi connectivity index (χ1v) is 7.13. The number of hydrogen-bond acceptors (Lipinski definition) is 3. The third-order valence-corrected chi connectivity index (χ3v) is 4.95. The van der Waals surface area contributed by atoms with E-state index in [1.54, 1.807) is 7.11 Å². The fourth-order valence-corrected chi connectivity index (χ4v) is 3.57. The second kappa shape index (κ2) is 5.57. The monoisotopic (exact) mass is 255 g/mol. The minimum atomic E-state index is -0.628. The molecule has 1 saturated carbocycles. The van der Waals surface area contributed by atoms with Crippen LogP contribution in [0.25, 0.3) is 0 Å². The predicted molar refractivity (Wildman–Crippen MR) is 69.6 cm³/mol. The van der Waals surface area contributed by atoms with Gasteiger partial charge in [-0.15, -0.1) is 0 Å². The van der Waals surface area contributed by atoms with Crippen LogP contribution < -0.4 is 0 Å². The van der Waals surface area contributed by atoms with Gasteiger partial charge in [0.05, 0.1) is 11.5 Å². The van der Waals surface area contributed by atoms with E-state index < -0.39 is 11.4 Å². The first-order valence-electron chi connectivity index (χ1n) is 7.13. The Morgan fingerprint density at radius 3 is 2.72 bits per heavy atom. The zero-order valence-electron chi connectivity index (χ0n) is 11.5. The Morgan fingerprint density at radius 2 is 2.17 bits per heavy atom. The average Bonchev–Trinajstić information content (AvgIpc) is 2.84. The van der Waals surface area contributed by atoms with E-state index in [0.29, 0.717) is 18.7 Å². The van der Waals surface area contributed by atoms with Crippen molar-refractivity contribution in [1.29, 1.82) is 0 Å². The van der Waals surface area contributed by atoms with Crippen LogP contribution in [-0.4, -0.2) is 48.3 Å². The fraction of sp³-hybridized carbons (Fsp3) is 0.929. The molecule has 1 N–H and O–H groups in total. The van der Waals surface area contributed by atoms with Crippen LogP contribution in [0.4, 0.5) is 0 Å². The van der Waals surface area contributed by atoms with E-state index in [1.165, 1.54) is 12.8 Å². The highest BCUT2D eigenvalue weighted by Crippen LogP contribution is 2.38. The maximum Gasteiger partial charge on any atom is 0.310 e. The molecule has 0 amide bonds. The summed E-state index contributed by atoms with van der Waals surface area (Å²) in [5.41, 5.74) is -0.518. The maximum atomic E-state index is 11.5. The number of carboxylic acids is 1. The highest BCUT2D eigenvalue weighted by atomic mass is 16.5. The molecule has 0 radical (unpaired) electrons. The van der Waals surface area contributed by atoms with Crippen molar-refractivity contribution in [1.82, 2.24) is 4.90 Å². The van der Waals surface area contributed by atoms with Crippen LogP contribution in [-0.2, 0) is 9.53 Å². The maximum absolute atomic E-state index is 11.5. The molecular weight excluding hydrogens is 230 g/mol. The van der Waals surface area contributed by atoms with Gasteiger partial charge in [-0.2, -0.15) is 0 Å². The molecule has 0 aromatic heterocycles. The van der Waals surface area contributed by atoms with Crippen LogP contribution >= 0.6 is 0 Å². The Bertz CT molecular complexity index is 307. The second-order valence-electron chi connectivity index (χ2n) is 5.79. The van der Waals surface area contributed by atoms with Gasteiger partial charge in [0, 0.05) is 19.7 Å². The van der Waals surface area contributed by atoms with Crippen molar-refractivity contribution in [3.8, 4) is 0 Å². The van der Waals surface area contributed by atoms with Gasteiger partial charge in [-0.1, -0.05) is 19.8 Å². The van der Waals surface area contributed by atoms with Gasteiger partial charge in [-0.25, -0.2) is 0 Å². The summed E-state index contributed by atoms with van der Waals surface area (Å²) in [7, 11) is 1.78. The molecule has 3 atom stereocenters. The van der Waals surface area contributed by atoms with Crippen LogP contribution in [0.5, 0.6) is 0 Å². The van der Waals surface area contributed by atoms with E-state index in [1.807, 2.05) is 6.92 Å². The number of aliphatic carboxylic acids is 1. The molecule has 1 heterocycles. The average molecular weight is 255 g/mol. The molecule has 0 spiro atoms. The Hall–Kier alpha value is -0.610. The summed E-state index contributed by atoms with van der Waals surface area (Å²) in [6, 6.07) is 0.427. The Labute approximate surface area is 109 Å². The number of likely N-dealkylation sites (tertiary alicyclic amines) is 1. The molecule has 18 heavy (non-hydrogen) atoms. The van der Waals surface area contributed by atoms with Gasteiger partial charge in [0.1, 0.15) is 0 Å². The Morgan fingerprint density at radius 1 is 1.44 bits per heavy atom. The van der Waals surface area contributed by atoms with E-state index >= 15 is 0 Å². The molecule has 2 rings (SSSR count). The van der Waals surface area contributed by atoms with Crippen molar-refractivity contribution in [3.63, 3.8) is 0 Å². The molecule has 1 saturated heterocycles. The molecule has 1 aliphatic heterocycles. The fourth-order valence-electron chi connectivity index (χ4n) is 3.57. The number of ether oxygens (including phenoxy) is 1. The van der Waals surface area contributed by atoms with Crippen molar-refractivity contribution in [2.75, 3.05) is 20.2 Å². The summed E-state index contributed by atoms with van der Waals surface area (Å²) in [6.07, 6.45) is 6.55. The lowest BCUT2D eigenvalue weighted by atomic mass is 9.84.